The van der Waals surface area contributed by atoms with Gasteiger partial charge in [0.15, 0.2) is 0 Å². The summed E-state index contributed by atoms with van der Waals surface area (Å²) in [5.41, 5.74) is 1.70. The first-order valence-electron chi connectivity index (χ1n) is 6.99. The van der Waals surface area contributed by atoms with E-state index in [0.29, 0.717) is 18.7 Å². The minimum absolute atomic E-state index is 0.0393. The summed E-state index contributed by atoms with van der Waals surface area (Å²) in [7, 11) is 0. The van der Waals surface area contributed by atoms with Gasteiger partial charge >= 0.3 is 5.97 Å². The maximum Gasteiger partial charge on any atom is 0.307 e. The number of esters is 1. The van der Waals surface area contributed by atoms with Crippen LogP contribution in [0, 0.1) is 6.92 Å². The molecule has 1 aromatic carbocycles. The second kappa shape index (κ2) is 7.68. The molecule has 0 saturated heterocycles. The Morgan fingerprint density at radius 2 is 2.00 bits per heavy atom. The molecule has 1 rings (SSSR count). The molecular weight excluding hydrogens is 254 g/mol. The van der Waals surface area contributed by atoms with Crippen LogP contribution in [0.5, 0.6) is 0 Å². The molecule has 0 aliphatic rings. The van der Waals surface area contributed by atoms with Gasteiger partial charge in [-0.05, 0) is 39.8 Å². The summed E-state index contributed by atoms with van der Waals surface area (Å²) in [6.45, 7) is 8.36. The predicted molar refractivity (Wildman–Crippen MR) is 78.6 cm³/mol. The van der Waals surface area contributed by atoms with Crippen molar-refractivity contribution in [3.05, 3.63) is 35.4 Å². The third-order valence-corrected chi connectivity index (χ3v) is 3.01. The maximum absolute atomic E-state index is 12.5. The predicted octanol–water partition coefficient (Wildman–Crippen LogP) is 2.80. The first-order chi connectivity index (χ1) is 9.45. The van der Waals surface area contributed by atoms with E-state index in [2.05, 4.69) is 0 Å². The molecule has 0 bridgehead atoms. The highest BCUT2D eigenvalue weighted by molar-refractivity contribution is 5.94. The Hall–Kier alpha value is -1.84. The van der Waals surface area contributed by atoms with Crippen molar-refractivity contribution in [2.45, 2.75) is 40.2 Å². The van der Waals surface area contributed by atoms with E-state index >= 15 is 0 Å². The lowest BCUT2D eigenvalue weighted by atomic mass is 10.1. The molecular formula is C16H23NO3. The van der Waals surface area contributed by atoms with Crippen LogP contribution in [0.1, 0.15) is 43.1 Å². The van der Waals surface area contributed by atoms with Gasteiger partial charge in [0.1, 0.15) is 0 Å². The quantitative estimate of drug-likeness (QED) is 0.751. The van der Waals surface area contributed by atoms with E-state index < -0.39 is 0 Å². The molecule has 0 fully saturated rings. The monoisotopic (exact) mass is 277 g/mol. The summed E-state index contributed by atoms with van der Waals surface area (Å²) in [6, 6.07) is 7.52. The summed E-state index contributed by atoms with van der Waals surface area (Å²) in [5.74, 6) is -0.316. The molecule has 0 heterocycles. The van der Waals surface area contributed by atoms with Gasteiger partial charge in [0, 0.05) is 18.2 Å². The minimum Gasteiger partial charge on any atom is -0.466 e. The number of nitrogens with zero attached hydrogens (tertiary/aromatic N) is 1. The molecule has 0 unspecified atom stereocenters. The molecule has 110 valence electrons. The summed E-state index contributed by atoms with van der Waals surface area (Å²) in [5, 5.41) is 0. The fourth-order valence-electron chi connectivity index (χ4n) is 1.98. The van der Waals surface area contributed by atoms with E-state index in [1.807, 2.05) is 39.0 Å². The van der Waals surface area contributed by atoms with Gasteiger partial charge in [-0.25, -0.2) is 0 Å². The van der Waals surface area contributed by atoms with Crippen LogP contribution in [0.15, 0.2) is 24.3 Å². The number of benzene rings is 1. The Morgan fingerprint density at radius 3 is 2.55 bits per heavy atom. The van der Waals surface area contributed by atoms with Crippen molar-refractivity contribution in [2.24, 2.45) is 0 Å². The molecule has 0 aliphatic heterocycles. The van der Waals surface area contributed by atoms with Crippen molar-refractivity contribution < 1.29 is 14.3 Å². The molecule has 0 aromatic heterocycles. The fourth-order valence-corrected chi connectivity index (χ4v) is 1.98. The van der Waals surface area contributed by atoms with E-state index in [9.17, 15) is 9.59 Å². The molecule has 1 aromatic rings. The van der Waals surface area contributed by atoms with Crippen LogP contribution >= 0.6 is 0 Å². The Labute approximate surface area is 120 Å². The van der Waals surface area contributed by atoms with Crippen molar-refractivity contribution in [3.63, 3.8) is 0 Å². The lowest BCUT2D eigenvalue weighted by Crippen LogP contribution is -2.38. The lowest BCUT2D eigenvalue weighted by molar-refractivity contribution is -0.143. The van der Waals surface area contributed by atoms with Crippen LogP contribution in [0.25, 0.3) is 0 Å². The van der Waals surface area contributed by atoms with Crippen molar-refractivity contribution >= 4 is 11.9 Å². The number of carbonyl (C=O) groups excluding carboxylic acids is 2. The highest BCUT2D eigenvalue weighted by atomic mass is 16.5. The summed E-state index contributed by atoms with van der Waals surface area (Å²) < 4.78 is 4.90. The molecule has 0 N–H and O–H groups in total. The van der Waals surface area contributed by atoms with Gasteiger partial charge in [-0.3, -0.25) is 9.59 Å². The van der Waals surface area contributed by atoms with Crippen LogP contribution < -0.4 is 0 Å². The van der Waals surface area contributed by atoms with Gasteiger partial charge in [0.2, 0.25) is 0 Å². The zero-order chi connectivity index (χ0) is 15.1. The first kappa shape index (κ1) is 16.2. The molecule has 20 heavy (non-hydrogen) atoms. The zero-order valence-electron chi connectivity index (χ0n) is 12.7. The Bertz CT molecular complexity index is 469. The number of carbonyl (C=O) groups is 2. The van der Waals surface area contributed by atoms with E-state index in [1.165, 1.54) is 0 Å². The van der Waals surface area contributed by atoms with Crippen LogP contribution in [0.4, 0.5) is 0 Å². The van der Waals surface area contributed by atoms with Gasteiger partial charge in [-0.1, -0.05) is 17.7 Å². The van der Waals surface area contributed by atoms with Gasteiger partial charge in [-0.2, -0.15) is 0 Å². The minimum atomic E-state index is -0.268. The number of rotatable bonds is 6. The van der Waals surface area contributed by atoms with Crippen molar-refractivity contribution in [1.29, 1.82) is 0 Å². The molecule has 4 heteroatoms. The molecule has 1 amide bonds. The maximum atomic E-state index is 12.5. The normalized spacial score (nSPS) is 10.4. The topological polar surface area (TPSA) is 46.6 Å². The number of amides is 1. The molecule has 4 nitrogen and oxygen atoms in total. The average Bonchev–Trinajstić information content (AvgIpc) is 2.38. The fraction of sp³-hybridized carbons (Fsp3) is 0.500. The van der Waals surface area contributed by atoms with Crippen molar-refractivity contribution in [1.82, 2.24) is 4.90 Å². The Kier molecular flexibility index (Phi) is 6.22. The molecule has 0 aliphatic carbocycles. The van der Waals surface area contributed by atoms with Crippen molar-refractivity contribution in [3.8, 4) is 0 Å². The van der Waals surface area contributed by atoms with E-state index in [0.717, 1.165) is 5.56 Å². The number of ether oxygens (including phenoxy) is 1. The summed E-state index contributed by atoms with van der Waals surface area (Å²) >= 11 is 0. The van der Waals surface area contributed by atoms with Crippen LogP contribution in [0.2, 0.25) is 0 Å². The SMILES string of the molecule is CCOC(=O)CCN(C(=O)c1cccc(C)c1)C(C)C. The smallest absolute Gasteiger partial charge is 0.307 e. The second-order valence-electron chi connectivity index (χ2n) is 5.02. The third kappa shape index (κ3) is 4.68. The average molecular weight is 277 g/mol. The van der Waals surface area contributed by atoms with Gasteiger partial charge in [-0.15, -0.1) is 0 Å². The third-order valence-electron chi connectivity index (χ3n) is 3.01. The van der Waals surface area contributed by atoms with Crippen LogP contribution in [-0.2, 0) is 9.53 Å². The highest BCUT2D eigenvalue weighted by Gasteiger charge is 2.19. The molecule has 0 spiro atoms. The van der Waals surface area contributed by atoms with Crippen LogP contribution in [-0.4, -0.2) is 36.0 Å². The molecule has 0 atom stereocenters. The number of aryl methyl sites for hydroxylation is 1. The Balaban J connectivity index is 2.75. The van der Waals surface area contributed by atoms with Crippen LogP contribution in [0.3, 0.4) is 0 Å². The van der Waals surface area contributed by atoms with Gasteiger partial charge < -0.3 is 9.64 Å². The van der Waals surface area contributed by atoms with Gasteiger partial charge in [0.05, 0.1) is 13.0 Å². The first-order valence-corrected chi connectivity index (χ1v) is 6.99. The highest BCUT2D eigenvalue weighted by Crippen LogP contribution is 2.11. The van der Waals surface area contributed by atoms with Crippen molar-refractivity contribution in [2.75, 3.05) is 13.2 Å². The van der Waals surface area contributed by atoms with E-state index in [-0.39, 0.29) is 24.3 Å². The largest absolute Gasteiger partial charge is 0.466 e. The zero-order valence-corrected chi connectivity index (χ0v) is 12.7. The lowest BCUT2D eigenvalue weighted by Gasteiger charge is -2.26. The molecule has 0 radical (unpaired) electrons. The summed E-state index contributed by atoms with van der Waals surface area (Å²) in [6.07, 6.45) is 0.226. The summed E-state index contributed by atoms with van der Waals surface area (Å²) in [4.78, 5) is 25.6. The Morgan fingerprint density at radius 1 is 1.30 bits per heavy atom. The standard InChI is InChI=1S/C16H23NO3/c1-5-20-15(18)9-10-17(12(2)3)16(19)14-8-6-7-13(4)11-14/h6-8,11-12H,5,9-10H2,1-4H3. The van der Waals surface area contributed by atoms with Gasteiger partial charge in [0.25, 0.3) is 5.91 Å². The number of hydrogen-bond donors (Lipinski definition) is 0. The van der Waals surface area contributed by atoms with E-state index in [1.54, 1.807) is 17.9 Å². The number of hydrogen-bond acceptors (Lipinski definition) is 3. The van der Waals surface area contributed by atoms with E-state index in [4.69, 9.17) is 4.74 Å². The second-order valence-corrected chi connectivity index (χ2v) is 5.02. The molecule has 0 saturated carbocycles.